The molecule has 0 unspecified atom stereocenters. The topological polar surface area (TPSA) is 272 Å². The fourth-order valence-corrected chi connectivity index (χ4v) is 4.71. The van der Waals surface area contributed by atoms with E-state index in [1.807, 2.05) is 13.8 Å². The maximum absolute atomic E-state index is 13.6. The molecule has 3 aromatic rings. The van der Waals surface area contributed by atoms with Crippen molar-refractivity contribution in [3.05, 3.63) is 46.1 Å². The lowest BCUT2D eigenvalue weighted by Crippen LogP contribution is -2.70. The lowest BCUT2D eigenvalue weighted by atomic mass is 9.84. The fraction of sp³-hybridized carbons (Fsp3) is 0.393. The van der Waals surface area contributed by atoms with Gasteiger partial charge in [-0.25, -0.2) is 4.79 Å². The summed E-state index contributed by atoms with van der Waals surface area (Å²) in [5.41, 5.74) is 7.61. The van der Waals surface area contributed by atoms with Crippen LogP contribution in [-0.2, 0) is 16.0 Å². The van der Waals surface area contributed by atoms with E-state index < -0.39 is 71.4 Å². The minimum Gasteiger partial charge on any atom is -0.508 e. The molecule has 2 aromatic carbocycles. The van der Waals surface area contributed by atoms with Gasteiger partial charge >= 0.3 is 5.97 Å². The van der Waals surface area contributed by atoms with E-state index in [0.717, 1.165) is 6.07 Å². The van der Waals surface area contributed by atoms with Gasteiger partial charge in [-0.05, 0) is 43.0 Å². The normalized spacial score (nSPS) is 23.8. The van der Waals surface area contributed by atoms with E-state index in [9.17, 15) is 45.3 Å². The molecular weight excluding hydrogens is 570 g/mol. The Hall–Kier alpha value is -4.57. The quantitative estimate of drug-likeness (QED) is 0.0890. The molecule has 0 spiro atoms. The van der Waals surface area contributed by atoms with Gasteiger partial charge in [0.2, 0.25) is 12.0 Å². The number of nitrogens with two attached hydrogens (primary N) is 2. The summed E-state index contributed by atoms with van der Waals surface area (Å²) < 4.78 is 16.7. The number of phenolic OH excluding ortho intramolecular Hbond substituents is 3. The number of ether oxygens (including phenoxy) is 2. The first-order valence-corrected chi connectivity index (χ1v) is 13.2. The molecule has 2 heterocycles. The van der Waals surface area contributed by atoms with E-state index in [1.54, 1.807) is 0 Å². The average molecular weight is 604 g/mol. The highest BCUT2D eigenvalue weighted by molar-refractivity contribution is 5.90. The summed E-state index contributed by atoms with van der Waals surface area (Å²) in [6, 6.07) is 6.85. The highest BCUT2D eigenvalue weighted by Crippen LogP contribution is 2.44. The summed E-state index contributed by atoms with van der Waals surface area (Å²) in [4.78, 5) is 29.0. The number of aromatic hydroxyl groups is 3. The standard InChI is InChI=1S/C28H33N3O12/c1-11(2)3-8-14-18(33)17-15(41-21(14)12-4-6-13(32)7-5-12)9-16(19(34)20(17)35)42-26-24(37)28(40,10-31-27(29)30)23(36)22(43-26)25(38)39/h4-7,9,11,22-24,26,32,34-37,40H,3,8,10H2,1-2H3,(H,38,39)(H4,29,30,31)/t22-,23+,24-,26+,28-/m0/s1. The molecule has 43 heavy (non-hydrogen) atoms. The molecule has 15 heteroatoms. The maximum atomic E-state index is 13.6. The number of aliphatic hydroxyl groups excluding tert-OH is 2. The predicted octanol–water partition coefficient (Wildman–Crippen LogP) is 0.0800. The number of carboxylic acids is 1. The van der Waals surface area contributed by atoms with Crippen molar-refractivity contribution in [3.8, 4) is 34.3 Å². The number of aliphatic hydroxyl groups is 3. The Balaban J connectivity index is 1.84. The number of carboxylic acid groups (broad SMARTS) is 1. The van der Waals surface area contributed by atoms with Crippen LogP contribution in [0.3, 0.4) is 0 Å². The van der Waals surface area contributed by atoms with Gasteiger partial charge in [0.05, 0.1) is 6.54 Å². The molecule has 4 rings (SSSR count). The Labute approximate surface area is 243 Å². The molecule has 1 aliphatic rings. The predicted molar refractivity (Wildman–Crippen MR) is 151 cm³/mol. The van der Waals surface area contributed by atoms with Gasteiger partial charge < -0.3 is 61.1 Å². The molecule has 1 aromatic heterocycles. The summed E-state index contributed by atoms with van der Waals surface area (Å²) in [5.74, 6) is -4.50. The summed E-state index contributed by atoms with van der Waals surface area (Å²) in [7, 11) is 0. The molecule has 0 aliphatic carbocycles. The Morgan fingerprint density at radius 3 is 2.33 bits per heavy atom. The molecule has 0 bridgehead atoms. The first-order chi connectivity index (χ1) is 20.1. The molecule has 0 radical (unpaired) electrons. The smallest absolute Gasteiger partial charge is 0.335 e. The van der Waals surface area contributed by atoms with Crippen molar-refractivity contribution >= 4 is 22.9 Å². The van der Waals surface area contributed by atoms with Gasteiger partial charge in [-0.3, -0.25) is 9.79 Å². The van der Waals surface area contributed by atoms with Crippen LogP contribution < -0.4 is 21.6 Å². The Morgan fingerprint density at radius 1 is 1.09 bits per heavy atom. The third-order valence-corrected chi connectivity index (χ3v) is 7.14. The van der Waals surface area contributed by atoms with Crippen molar-refractivity contribution in [2.75, 3.05) is 6.54 Å². The van der Waals surface area contributed by atoms with Gasteiger partial charge in [0.1, 0.15) is 40.3 Å². The molecule has 1 saturated heterocycles. The number of fused-ring (bicyclic) bond motifs is 1. The van der Waals surface area contributed by atoms with Crippen LogP contribution in [-0.4, -0.2) is 84.4 Å². The zero-order valence-corrected chi connectivity index (χ0v) is 23.2. The molecule has 1 aliphatic heterocycles. The number of nitrogens with zero attached hydrogens (tertiary/aromatic N) is 1. The van der Waals surface area contributed by atoms with Gasteiger partial charge in [0.15, 0.2) is 29.0 Å². The van der Waals surface area contributed by atoms with Gasteiger partial charge in [0.25, 0.3) is 0 Å². The number of aliphatic carboxylic acids is 1. The number of aliphatic imine (C=N–C) groups is 1. The number of benzene rings is 2. The summed E-state index contributed by atoms with van der Waals surface area (Å²) >= 11 is 0. The second kappa shape index (κ2) is 12.0. The Kier molecular flexibility index (Phi) is 8.73. The largest absolute Gasteiger partial charge is 0.508 e. The lowest BCUT2D eigenvalue weighted by molar-refractivity contribution is -0.303. The van der Waals surface area contributed by atoms with Crippen LogP contribution >= 0.6 is 0 Å². The van der Waals surface area contributed by atoms with E-state index in [1.165, 1.54) is 24.3 Å². The molecule has 232 valence electrons. The molecule has 1 fully saturated rings. The molecular formula is C28H33N3O12. The molecule has 0 saturated carbocycles. The third-order valence-electron chi connectivity index (χ3n) is 7.14. The van der Waals surface area contributed by atoms with Crippen molar-refractivity contribution in [1.82, 2.24) is 0 Å². The van der Waals surface area contributed by atoms with Crippen LogP contribution in [0.4, 0.5) is 0 Å². The van der Waals surface area contributed by atoms with Gasteiger partial charge in [0, 0.05) is 17.2 Å². The first kappa shape index (κ1) is 31.4. The second-order valence-electron chi connectivity index (χ2n) is 10.7. The number of rotatable bonds is 9. The Bertz CT molecular complexity index is 1600. The van der Waals surface area contributed by atoms with Crippen LogP contribution in [0.2, 0.25) is 0 Å². The average Bonchev–Trinajstić information content (AvgIpc) is 2.94. The number of guanidine groups is 1. The summed E-state index contributed by atoms with van der Waals surface area (Å²) in [6.45, 7) is 3.07. The molecule has 11 N–H and O–H groups in total. The van der Waals surface area contributed by atoms with Crippen LogP contribution in [0, 0.1) is 5.92 Å². The van der Waals surface area contributed by atoms with Crippen molar-refractivity contribution in [3.63, 3.8) is 0 Å². The van der Waals surface area contributed by atoms with Gasteiger partial charge in [-0.1, -0.05) is 13.8 Å². The zero-order chi connectivity index (χ0) is 31.8. The second-order valence-corrected chi connectivity index (χ2v) is 10.7. The number of phenols is 3. The van der Waals surface area contributed by atoms with Gasteiger partial charge in [-0.2, -0.15) is 0 Å². The van der Waals surface area contributed by atoms with Crippen LogP contribution in [0.15, 0.2) is 44.5 Å². The highest BCUT2D eigenvalue weighted by Gasteiger charge is 2.58. The van der Waals surface area contributed by atoms with Gasteiger partial charge in [-0.15, -0.1) is 0 Å². The maximum Gasteiger partial charge on any atom is 0.335 e. The number of hydrogen-bond acceptors (Lipinski definition) is 12. The minimum absolute atomic E-state index is 0.0236. The van der Waals surface area contributed by atoms with Crippen molar-refractivity contribution in [2.24, 2.45) is 22.4 Å². The van der Waals surface area contributed by atoms with Crippen LogP contribution in [0.1, 0.15) is 25.8 Å². The third kappa shape index (κ3) is 6.01. The highest BCUT2D eigenvalue weighted by atomic mass is 16.7. The van der Waals surface area contributed by atoms with E-state index in [4.69, 9.17) is 25.4 Å². The SMILES string of the molecule is CC(C)CCc1c(-c2ccc(O)cc2)oc2cc(O[C@@H]3O[C@H](C(=O)O)[C@@H](O)[C@@](O)(CN=C(N)N)[C@H]3O)c(O)c(O)c2c1=O. The Morgan fingerprint density at radius 2 is 1.74 bits per heavy atom. The molecule has 5 atom stereocenters. The van der Waals surface area contributed by atoms with Crippen molar-refractivity contribution in [2.45, 2.75) is 56.9 Å². The summed E-state index contributed by atoms with van der Waals surface area (Å²) in [5, 5.41) is 73.0. The number of hydrogen-bond donors (Lipinski definition) is 9. The first-order valence-electron chi connectivity index (χ1n) is 13.2. The monoisotopic (exact) mass is 603 g/mol. The fourth-order valence-electron chi connectivity index (χ4n) is 4.71. The van der Waals surface area contributed by atoms with E-state index in [-0.39, 0.29) is 40.4 Å². The summed E-state index contributed by atoms with van der Waals surface area (Å²) in [6.07, 6.45) is -7.79. The van der Waals surface area contributed by atoms with E-state index in [0.29, 0.717) is 12.0 Å². The zero-order valence-electron chi connectivity index (χ0n) is 23.2. The number of carbonyl (C=O) groups is 1. The van der Waals surface area contributed by atoms with Crippen LogP contribution in [0.5, 0.6) is 23.0 Å². The van der Waals surface area contributed by atoms with Crippen molar-refractivity contribution < 1.29 is 54.4 Å². The molecule has 15 nitrogen and oxygen atoms in total. The lowest BCUT2D eigenvalue weighted by Gasteiger charge is -2.45. The van der Waals surface area contributed by atoms with E-state index >= 15 is 0 Å². The molecule has 0 amide bonds. The van der Waals surface area contributed by atoms with E-state index in [2.05, 4.69) is 4.99 Å². The minimum atomic E-state index is -2.70. The van der Waals surface area contributed by atoms with Crippen molar-refractivity contribution in [1.29, 1.82) is 0 Å². The van der Waals surface area contributed by atoms with Crippen LogP contribution in [0.25, 0.3) is 22.3 Å².